The molecule has 1 aliphatic rings. The molecule has 1 amide bonds. The van der Waals surface area contributed by atoms with Crippen molar-refractivity contribution >= 4 is 5.91 Å². The molecule has 0 aromatic carbocycles. The number of amides is 1. The molecular formula is C16H25N3O3. The molecule has 1 N–H and O–H groups in total. The first-order chi connectivity index (χ1) is 10.5. The van der Waals surface area contributed by atoms with E-state index in [0.717, 1.165) is 26.3 Å². The molecule has 0 unspecified atom stereocenters. The lowest BCUT2D eigenvalue weighted by Crippen LogP contribution is -2.55. The fourth-order valence-electron chi connectivity index (χ4n) is 2.49. The van der Waals surface area contributed by atoms with E-state index in [-0.39, 0.29) is 11.4 Å². The molecule has 122 valence electrons. The first-order valence-corrected chi connectivity index (χ1v) is 7.73. The summed E-state index contributed by atoms with van der Waals surface area (Å²) in [5.41, 5.74) is 0.357. The van der Waals surface area contributed by atoms with Gasteiger partial charge in [0.15, 0.2) is 0 Å². The summed E-state index contributed by atoms with van der Waals surface area (Å²) in [5.74, 6) is 0.226. The molecule has 0 atom stereocenters. The van der Waals surface area contributed by atoms with E-state index in [4.69, 9.17) is 9.47 Å². The molecule has 6 heteroatoms. The number of pyridine rings is 1. The van der Waals surface area contributed by atoms with Gasteiger partial charge < -0.3 is 14.8 Å². The van der Waals surface area contributed by atoms with Crippen molar-refractivity contribution in [2.45, 2.75) is 26.3 Å². The van der Waals surface area contributed by atoms with Gasteiger partial charge in [-0.15, -0.1) is 0 Å². The minimum Gasteiger partial charge on any atom is -0.477 e. The second-order valence-electron chi connectivity index (χ2n) is 5.88. The largest absolute Gasteiger partial charge is 0.477 e. The van der Waals surface area contributed by atoms with Crippen LogP contribution >= 0.6 is 0 Å². The number of hydrogen-bond donors (Lipinski definition) is 1. The standard InChI is InChI=1S/C16H25N3O3/c1-4-22-15-13(6-5-7-17-15)14(20)18-12-16(2,3)19-8-10-21-11-9-19/h5-7H,4,8-12H2,1-3H3,(H,18,20). The first kappa shape index (κ1) is 16.7. The molecule has 0 spiro atoms. The lowest BCUT2D eigenvalue weighted by molar-refractivity contribution is -0.00924. The predicted molar refractivity (Wildman–Crippen MR) is 84.2 cm³/mol. The molecule has 0 aliphatic carbocycles. The zero-order valence-electron chi connectivity index (χ0n) is 13.6. The highest BCUT2D eigenvalue weighted by Gasteiger charge is 2.29. The van der Waals surface area contributed by atoms with Gasteiger partial charge in [0.2, 0.25) is 5.88 Å². The fraction of sp³-hybridized carbons (Fsp3) is 0.625. The molecule has 2 heterocycles. The Balaban J connectivity index is 1.97. The molecule has 1 fully saturated rings. The van der Waals surface area contributed by atoms with E-state index in [9.17, 15) is 4.79 Å². The van der Waals surface area contributed by atoms with E-state index >= 15 is 0 Å². The van der Waals surface area contributed by atoms with Crippen LogP contribution in [0, 0.1) is 0 Å². The van der Waals surface area contributed by atoms with Crippen molar-refractivity contribution in [3.05, 3.63) is 23.9 Å². The molecule has 1 aliphatic heterocycles. The Morgan fingerprint density at radius 3 is 2.86 bits per heavy atom. The number of aromatic nitrogens is 1. The Bertz CT molecular complexity index is 499. The van der Waals surface area contributed by atoms with Crippen LogP contribution in [0.3, 0.4) is 0 Å². The molecule has 0 saturated carbocycles. The van der Waals surface area contributed by atoms with Gasteiger partial charge in [0, 0.05) is 31.4 Å². The van der Waals surface area contributed by atoms with E-state index < -0.39 is 0 Å². The SMILES string of the molecule is CCOc1ncccc1C(=O)NCC(C)(C)N1CCOCC1. The number of nitrogens with zero attached hydrogens (tertiary/aromatic N) is 2. The highest BCUT2D eigenvalue weighted by molar-refractivity contribution is 5.96. The smallest absolute Gasteiger partial charge is 0.256 e. The molecule has 6 nitrogen and oxygen atoms in total. The highest BCUT2D eigenvalue weighted by atomic mass is 16.5. The summed E-state index contributed by atoms with van der Waals surface area (Å²) in [4.78, 5) is 18.8. The Morgan fingerprint density at radius 1 is 1.45 bits per heavy atom. The number of carbonyl (C=O) groups is 1. The summed E-state index contributed by atoms with van der Waals surface area (Å²) >= 11 is 0. The third kappa shape index (κ3) is 4.18. The molecule has 0 bridgehead atoms. The molecule has 1 aromatic heterocycles. The first-order valence-electron chi connectivity index (χ1n) is 7.73. The van der Waals surface area contributed by atoms with Crippen LogP contribution in [-0.2, 0) is 4.74 Å². The van der Waals surface area contributed by atoms with Crippen molar-refractivity contribution in [3.8, 4) is 5.88 Å². The van der Waals surface area contributed by atoms with Crippen molar-refractivity contribution in [2.75, 3.05) is 39.5 Å². The van der Waals surface area contributed by atoms with Gasteiger partial charge in [-0.1, -0.05) is 0 Å². The number of carbonyl (C=O) groups excluding carboxylic acids is 1. The summed E-state index contributed by atoms with van der Waals surface area (Å²) in [7, 11) is 0. The molecule has 2 rings (SSSR count). The fourth-order valence-corrected chi connectivity index (χ4v) is 2.49. The lowest BCUT2D eigenvalue weighted by atomic mass is 10.0. The minimum absolute atomic E-state index is 0.118. The minimum atomic E-state index is -0.155. The van der Waals surface area contributed by atoms with Crippen molar-refractivity contribution in [1.29, 1.82) is 0 Å². The number of nitrogens with one attached hydrogen (secondary N) is 1. The Hall–Kier alpha value is -1.66. The van der Waals surface area contributed by atoms with Gasteiger partial charge in [-0.3, -0.25) is 9.69 Å². The molecule has 0 radical (unpaired) electrons. The van der Waals surface area contributed by atoms with Crippen LogP contribution in [0.5, 0.6) is 5.88 Å². The quantitative estimate of drug-likeness (QED) is 0.859. The van der Waals surface area contributed by atoms with Crippen LogP contribution in [0.25, 0.3) is 0 Å². The average molecular weight is 307 g/mol. The van der Waals surface area contributed by atoms with Crippen molar-refractivity contribution in [3.63, 3.8) is 0 Å². The highest BCUT2D eigenvalue weighted by Crippen LogP contribution is 2.17. The van der Waals surface area contributed by atoms with Crippen LogP contribution in [0.2, 0.25) is 0 Å². The van der Waals surface area contributed by atoms with Crippen LogP contribution in [0.15, 0.2) is 18.3 Å². The van der Waals surface area contributed by atoms with E-state index in [0.29, 0.717) is 24.6 Å². The van der Waals surface area contributed by atoms with Gasteiger partial charge in [-0.2, -0.15) is 0 Å². The van der Waals surface area contributed by atoms with Gasteiger partial charge in [0.05, 0.1) is 19.8 Å². The second-order valence-corrected chi connectivity index (χ2v) is 5.88. The number of rotatable bonds is 6. The van der Waals surface area contributed by atoms with Crippen molar-refractivity contribution in [2.24, 2.45) is 0 Å². The average Bonchev–Trinajstić information content (AvgIpc) is 2.54. The monoisotopic (exact) mass is 307 g/mol. The third-order valence-corrected chi connectivity index (χ3v) is 3.85. The maximum atomic E-state index is 12.4. The Kier molecular flexibility index (Phi) is 5.74. The van der Waals surface area contributed by atoms with Crippen LogP contribution in [-0.4, -0.2) is 60.8 Å². The topological polar surface area (TPSA) is 63.7 Å². The van der Waals surface area contributed by atoms with Crippen LogP contribution < -0.4 is 10.1 Å². The number of ether oxygens (including phenoxy) is 2. The van der Waals surface area contributed by atoms with Crippen molar-refractivity contribution < 1.29 is 14.3 Å². The van der Waals surface area contributed by atoms with Crippen molar-refractivity contribution in [1.82, 2.24) is 15.2 Å². The number of morpholine rings is 1. The zero-order valence-corrected chi connectivity index (χ0v) is 13.6. The van der Waals surface area contributed by atoms with E-state index in [2.05, 4.69) is 29.0 Å². The zero-order chi connectivity index (χ0) is 16.0. The molecule has 1 aromatic rings. The second kappa shape index (κ2) is 7.56. The third-order valence-electron chi connectivity index (χ3n) is 3.85. The van der Waals surface area contributed by atoms with Gasteiger partial charge in [0.1, 0.15) is 5.56 Å². The Morgan fingerprint density at radius 2 is 2.18 bits per heavy atom. The van der Waals surface area contributed by atoms with Gasteiger partial charge >= 0.3 is 0 Å². The number of hydrogen-bond acceptors (Lipinski definition) is 5. The normalized spacial score (nSPS) is 16.3. The summed E-state index contributed by atoms with van der Waals surface area (Å²) in [6, 6.07) is 3.47. The van der Waals surface area contributed by atoms with Gasteiger partial charge in [-0.25, -0.2) is 4.98 Å². The maximum Gasteiger partial charge on any atom is 0.256 e. The predicted octanol–water partition coefficient (Wildman–Crippen LogP) is 1.32. The molecular weight excluding hydrogens is 282 g/mol. The van der Waals surface area contributed by atoms with E-state index in [1.54, 1.807) is 18.3 Å². The molecule has 22 heavy (non-hydrogen) atoms. The van der Waals surface area contributed by atoms with E-state index in [1.165, 1.54) is 0 Å². The maximum absolute atomic E-state index is 12.4. The van der Waals surface area contributed by atoms with Gasteiger partial charge in [-0.05, 0) is 32.9 Å². The summed E-state index contributed by atoms with van der Waals surface area (Å²) in [6.07, 6.45) is 1.62. The van der Waals surface area contributed by atoms with Gasteiger partial charge in [0.25, 0.3) is 5.91 Å². The lowest BCUT2D eigenvalue weighted by Gasteiger charge is -2.40. The molecule has 1 saturated heterocycles. The van der Waals surface area contributed by atoms with Crippen LogP contribution in [0.4, 0.5) is 0 Å². The summed E-state index contributed by atoms with van der Waals surface area (Å²) in [5, 5.41) is 2.99. The van der Waals surface area contributed by atoms with Crippen LogP contribution in [0.1, 0.15) is 31.1 Å². The summed E-state index contributed by atoms with van der Waals surface area (Å²) in [6.45, 7) is 10.4. The summed E-state index contributed by atoms with van der Waals surface area (Å²) < 4.78 is 10.8. The Labute approximate surface area is 131 Å². The van der Waals surface area contributed by atoms with E-state index in [1.807, 2.05) is 6.92 Å².